The summed E-state index contributed by atoms with van der Waals surface area (Å²) >= 11 is 6.00. The van der Waals surface area contributed by atoms with E-state index < -0.39 is 5.97 Å². The van der Waals surface area contributed by atoms with E-state index in [0.717, 1.165) is 28.0 Å². The van der Waals surface area contributed by atoms with Crippen LogP contribution in [0.4, 0.5) is 11.4 Å². The lowest BCUT2D eigenvalue weighted by Gasteiger charge is -2.11. The number of aryl methyl sites for hydroxylation is 1. The van der Waals surface area contributed by atoms with Crippen molar-refractivity contribution in [3.63, 3.8) is 0 Å². The van der Waals surface area contributed by atoms with Gasteiger partial charge in [0.25, 0.3) is 0 Å². The van der Waals surface area contributed by atoms with Crippen LogP contribution in [0.2, 0.25) is 5.02 Å². The molecule has 0 amide bonds. The lowest BCUT2D eigenvalue weighted by molar-refractivity contribution is 0.0697. The molecule has 3 rings (SSSR count). The minimum Gasteiger partial charge on any atom is -0.478 e. The predicted octanol–water partition coefficient (Wildman–Crippen LogP) is 5.06. The van der Waals surface area contributed by atoms with Crippen molar-refractivity contribution in [3.05, 3.63) is 64.8 Å². The molecule has 1 aromatic heterocycles. The zero-order valence-electron chi connectivity index (χ0n) is 12.2. The number of nitrogens with one attached hydrogen (secondary N) is 1. The summed E-state index contributed by atoms with van der Waals surface area (Å²) in [6.45, 7) is 1.90. The highest BCUT2D eigenvalue weighted by molar-refractivity contribution is 6.30. The number of fused-ring (bicyclic) bond motifs is 1. The maximum Gasteiger partial charge on any atom is 0.335 e. The van der Waals surface area contributed by atoms with E-state index in [1.165, 1.54) is 0 Å². The lowest BCUT2D eigenvalue weighted by atomic mass is 10.1. The van der Waals surface area contributed by atoms with Crippen LogP contribution in [-0.2, 0) is 0 Å². The van der Waals surface area contributed by atoms with Crippen molar-refractivity contribution in [3.8, 4) is 0 Å². The van der Waals surface area contributed by atoms with Gasteiger partial charge in [-0.1, -0.05) is 17.7 Å². The fourth-order valence-corrected chi connectivity index (χ4v) is 2.51. The van der Waals surface area contributed by atoms with Crippen LogP contribution in [0.5, 0.6) is 0 Å². The van der Waals surface area contributed by atoms with Crippen LogP contribution in [0.15, 0.2) is 48.5 Å². The van der Waals surface area contributed by atoms with Crippen molar-refractivity contribution in [2.24, 2.45) is 0 Å². The van der Waals surface area contributed by atoms with Gasteiger partial charge >= 0.3 is 5.97 Å². The number of halogens is 2. The molecule has 0 bridgehead atoms. The summed E-state index contributed by atoms with van der Waals surface area (Å²) in [5.74, 6) is -0.962. The molecule has 0 atom stereocenters. The van der Waals surface area contributed by atoms with E-state index in [4.69, 9.17) is 16.7 Å². The summed E-state index contributed by atoms with van der Waals surface area (Å²) < 4.78 is 0. The zero-order valence-corrected chi connectivity index (χ0v) is 13.8. The molecule has 0 saturated heterocycles. The normalized spacial score (nSPS) is 10.2. The summed E-state index contributed by atoms with van der Waals surface area (Å²) in [4.78, 5) is 15.6. The molecule has 0 aliphatic rings. The Kier molecular flexibility index (Phi) is 5.08. The highest BCUT2D eigenvalue weighted by Crippen LogP contribution is 2.28. The van der Waals surface area contributed by atoms with Crippen molar-refractivity contribution in [2.45, 2.75) is 6.92 Å². The summed E-state index contributed by atoms with van der Waals surface area (Å²) in [6.07, 6.45) is 0. The Bertz CT molecular complexity index is 882. The Morgan fingerprint density at radius 3 is 2.65 bits per heavy atom. The SMILES string of the molecule is Cc1cc(Nc2cccc(Cl)c2)c2cc(C(=O)O)ccc2n1.Cl. The molecule has 2 N–H and O–H groups in total. The summed E-state index contributed by atoms with van der Waals surface area (Å²) in [5.41, 5.74) is 3.45. The van der Waals surface area contributed by atoms with Crippen LogP contribution < -0.4 is 5.32 Å². The Balaban J connectivity index is 0.00000192. The van der Waals surface area contributed by atoms with Crippen molar-refractivity contribution in [1.82, 2.24) is 4.98 Å². The van der Waals surface area contributed by atoms with Crippen molar-refractivity contribution >= 4 is 52.3 Å². The molecule has 4 nitrogen and oxygen atoms in total. The zero-order chi connectivity index (χ0) is 15.7. The highest BCUT2D eigenvalue weighted by atomic mass is 35.5. The van der Waals surface area contributed by atoms with E-state index in [0.29, 0.717) is 5.02 Å². The standard InChI is InChI=1S/C17H13ClN2O2.ClH/c1-10-7-16(20-13-4-2-3-12(18)9-13)14-8-11(17(21)22)5-6-15(14)19-10;/h2-9H,1H3,(H,19,20)(H,21,22);1H. The molecule has 23 heavy (non-hydrogen) atoms. The van der Waals surface area contributed by atoms with Gasteiger partial charge in [0.05, 0.1) is 11.1 Å². The monoisotopic (exact) mass is 348 g/mol. The first-order chi connectivity index (χ1) is 10.5. The highest BCUT2D eigenvalue weighted by Gasteiger charge is 2.09. The van der Waals surface area contributed by atoms with Crippen molar-refractivity contribution < 1.29 is 9.90 Å². The molecule has 0 saturated carbocycles. The molecule has 0 unspecified atom stereocenters. The Hall–Kier alpha value is -2.30. The average molecular weight is 349 g/mol. The van der Waals surface area contributed by atoms with Crippen LogP contribution in [0.3, 0.4) is 0 Å². The number of rotatable bonds is 3. The van der Waals surface area contributed by atoms with E-state index in [-0.39, 0.29) is 18.0 Å². The van der Waals surface area contributed by atoms with Crippen LogP contribution in [0.1, 0.15) is 16.1 Å². The summed E-state index contributed by atoms with van der Waals surface area (Å²) in [5, 5.41) is 13.8. The molecule has 3 aromatic rings. The van der Waals surface area contributed by atoms with E-state index in [9.17, 15) is 4.79 Å². The Morgan fingerprint density at radius 2 is 1.96 bits per heavy atom. The maximum absolute atomic E-state index is 11.2. The van der Waals surface area contributed by atoms with Crippen LogP contribution in [0, 0.1) is 6.92 Å². The van der Waals surface area contributed by atoms with Gasteiger partial charge < -0.3 is 10.4 Å². The number of aromatic nitrogens is 1. The van der Waals surface area contributed by atoms with Gasteiger partial charge in [-0.2, -0.15) is 0 Å². The number of carboxylic acid groups (broad SMARTS) is 1. The molecule has 2 aromatic carbocycles. The molecule has 0 aliphatic heterocycles. The van der Waals surface area contributed by atoms with Crippen molar-refractivity contribution in [1.29, 1.82) is 0 Å². The molecule has 0 fully saturated rings. The number of hydrogen-bond donors (Lipinski definition) is 2. The number of aromatic carboxylic acids is 1. The predicted molar refractivity (Wildman–Crippen MR) is 95.4 cm³/mol. The topological polar surface area (TPSA) is 62.2 Å². The fraction of sp³-hybridized carbons (Fsp3) is 0.0588. The number of carbonyl (C=O) groups is 1. The van der Waals surface area contributed by atoms with E-state index in [1.54, 1.807) is 24.3 Å². The van der Waals surface area contributed by atoms with Gasteiger partial charge in [0.1, 0.15) is 0 Å². The second-order valence-corrected chi connectivity index (χ2v) is 5.42. The van der Waals surface area contributed by atoms with Crippen molar-refractivity contribution in [2.75, 3.05) is 5.32 Å². The van der Waals surface area contributed by atoms with Crippen LogP contribution >= 0.6 is 24.0 Å². The Morgan fingerprint density at radius 1 is 1.17 bits per heavy atom. The van der Waals surface area contributed by atoms with Gasteiger partial charge in [0.15, 0.2) is 0 Å². The summed E-state index contributed by atoms with van der Waals surface area (Å²) in [6, 6.07) is 14.1. The molecular weight excluding hydrogens is 335 g/mol. The quantitative estimate of drug-likeness (QED) is 0.694. The van der Waals surface area contributed by atoms with Gasteiger partial charge in [0, 0.05) is 27.5 Å². The number of nitrogens with zero attached hydrogens (tertiary/aromatic N) is 1. The minimum atomic E-state index is -0.962. The molecule has 0 radical (unpaired) electrons. The fourth-order valence-electron chi connectivity index (χ4n) is 2.32. The van der Waals surface area contributed by atoms with Gasteiger partial charge in [-0.05, 0) is 49.4 Å². The van der Waals surface area contributed by atoms with E-state index >= 15 is 0 Å². The van der Waals surface area contributed by atoms with Crippen LogP contribution in [-0.4, -0.2) is 16.1 Å². The molecule has 6 heteroatoms. The van der Waals surface area contributed by atoms with Gasteiger partial charge in [-0.3, -0.25) is 4.98 Å². The number of hydrogen-bond acceptors (Lipinski definition) is 3. The minimum absolute atomic E-state index is 0. The molecule has 0 spiro atoms. The largest absolute Gasteiger partial charge is 0.478 e. The smallest absolute Gasteiger partial charge is 0.335 e. The Labute approximate surface area is 144 Å². The number of anilines is 2. The van der Waals surface area contributed by atoms with E-state index in [2.05, 4.69) is 10.3 Å². The van der Waals surface area contributed by atoms with Gasteiger partial charge in [-0.15, -0.1) is 12.4 Å². The van der Waals surface area contributed by atoms with Gasteiger partial charge in [0.2, 0.25) is 0 Å². The second kappa shape index (κ2) is 6.86. The molecule has 0 aliphatic carbocycles. The third-order valence-corrected chi connectivity index (χ3v) is 3.52. The van der Waals surface area contributed by atoms with E-state index in [1.807, 2.05) is 31.2 Å². The number of benzene rings is 2. The third-order valence-electron chi connectivity index (χ3n) is 3.29. The molecule has 118 valence electrons. The third kappa shape index (κ3) is 3.73. The molecular formula is C17H14Cl2N2O2. The number of carboxylic acids is 1. The first kappa shape index (κ1) is 17.1. The second-order valence-electron chi connectivity index (χ2n) is 4.98. The number of pyridine rings is 1. The van der Waals surface area contributed by atoms with Gasteiger partial charge in [-0.25, -0.2) is 4.79 Å². The molecule has 1 heterocycles. The first-order valence-electron chi connectivity index (χ1n) is 6.70. The summed E-state index contributed by atoms with van der Waals surface area (Å²) in [7, 11) is 0. The average Bonchev–Trinajstić information content (AvgIpc) is 2.46. The lowest BCUT2D eigenvalue weighted by Crippen LogP contribution is -1.99. The maximum atomic E-state index is 11.2. The van der Waals surface area contributed by atoms with Crippen LogP contribution in [0.25, 0.3) is 10.9 Å². The first-order valence-corrected chi connectivity index (χ1v) is 7.08.